The van der Waals surface area contributed by atoms with Gasteiger partial charge in [-0.05, 0) is 48.9 Å². The van der Waals surface area contributed by atoms with E-state index in [9.17, 15) is 0 Å². The molecule has 0 N–H and O–H groups in total. The maximum absolute atomic E-state index is 2.63. The van der Waals surface area contributed by atoms with Crippen LogP contribution in [0.4, 0.5) is 0 Å². The highest BCUT2D eigenvalue weighted by atomic mass is 15.2. The molecule has 20 heavy (non-hydrogen) atoms. The molecule has 2 aromatic carbocycles. The van der Waals surface area contributed by atoms with Gasteiger partial charge in [-0.25, -0.2) is 0 Å². The minimum absolute atomic E-state index is 0.653. The van der Waals surface area contributed by atoms with Crippen molar-refractivity contribution >= 4 is 0 Å². The van der Waals surface area contributed by atoms with Gasteiger partial charge in [0.2, 0.25) is 0 Å². The summed E-state index contributed by atoms with van der Waals surface area (Å²) >= 11 is 0. The van der Waals surface area contributed by atoms with E-state index in [0.29, 0.717) is 12.1 Å². The van der Waals surface area contributed by atoms with E-state index < -0.39 is 0 Å². The van der Waals surface area contributed by atoms with Crippen LogP contribution in [0.5, 0.6) is 0 Å². The number of benzene rings is 2. The maximum Gasteiger partial charge on any atom is 0.0382 e. The predicted octanol–water partition coefficient (Wildman–Crippen LogP) is 3.85. The minimum atomic E-state index is 0.653. The van der Waals surface area contributed by atoms with Crippen molar-refractivity contribution < 1.29 is 0 Å². The highest BCUT2D eigenvalue weighted by Crippen LogP contribution is 2.48. The number of likely N-dealkylation sites (N-methyl/N-ethyl adjacent to an activating group) is 1. The van der Waals surface area contributed by atoms with Crippen molar-refractivity contribution in [3.05, 3.63) is 71.3 Å². The van der Waals surface area contributed by atoms with E-state index in [2.05, 4.69) is 66.5 Å². The number of fused-ring (bicyclic) bond motifs is 3. The van der Waals surface area contributed by atoms with E-state index in [1.807, 2.05) is 0 Å². The molecule has 0 unspecified atom stereocenters. The lowest BCUT2D eigenvalue weighted by molar-refractivity contribution is 0.233. The Bertz CT molecular complexity index is 604. The van der Waals surface area contributed by atoms with Gasteiger partial charge in [-0.1, -0.05) is 54.6 Å². The Balaban J connectivity index is 1.57. The van der Waals surface area contributed by atoms with Gasteiger partial charge in [-0.2, -0.15) is 0 Å². The molecule has 1 aliphatic carbocycles. The molecule has 2 aromatic rings. The van der Waals surface area contributed by atoms with E-state index in [4.69, 9.17) is 0 Å². The molecule has 0 saturated carbocycles. The highest BCUT2D eigenvalue weighted by Gasteiger charge is 2.44. The van der Waals surface area contributed by atoms with Crippen LogP contribution in [0.1, 0.15) is 29.2 Å². The number of rotatable bonds is 2. The van der Waals surface area contributed by atoms with E-state index in [1.54, 1.807) is 11.1 Å². The topological polar surface area (TPSA) is 3.24 Å². The average Bonchev–Trinajstić information content (AvgIpc) is 2.98. The van der Waals surface area contributed by atoms with Crippen LogP contribution in [0.25, 0.3) is 0 Å². The summed E-state index contributed by atoms with van der Waals surface area (Å²) in [6.45, 7) is 0. The van der Waals surface area contributed by atoms with Gasteiger partial charge in [0.15, 0.2) is 0 Å². The zero-order chi connectivity index (χ0) is 13.5. The average molecular weight is 263 g/mol. The first-order chi connectivity index (χ1) is 9.83. The first-order valence-electron chi connectivity index (χ1n) is 7.66. The van der Waals surface area contributed by atoms with Crippen LogP contribution in [0.2, 0.25) is 0 Å². The summed E-state index contributed by atoms with van der Waals surface area (Å²) < 4.78 is 0. The van der Waals surface area contributed by atoms with Gasteiger partial charge >= 0.3 is 0 Å². The Labute approximate surface area is 121 Å². The Hall–Kier alpha value is -1.60. The third-order valence-corrected chi connectivity index (χ3v) is 5.21. The summed E-state index contributed by atoms with van der Waals surface area (Å²) in [6, 6.07) is 21.3. The number of hydrogen-bond acceptors (Lipinski definition) is 1. The van der Waals surface area contributed by atoms with Gasteiger partial charge in [0.05, 0.1) is 0 Å². The van der Waals surface area contributed by atoms with Crippen LogP contribution in [-0.2, 0) is 12.8 Å². The summed E-state index contributed by atoms with van der Waals surface area (Å²) in [5.41, 5.74) is 4.63. The third-order valence-electron chi connectivity index (χ3n) is 5.21. The molecule has 0 spiro atoms. The van der Waals surface area contributed by atoms with Gasteiger partial charge in [0.1, 0.15) is 0 Å². The number of hydrogen-bond donors (Lipinski definition) is 0. The fourth-order valence-corrected chi connectivity index (χ4v) is 4.28. The molecular formula is C19H21N. The van der Waals surface area contributed by atoms with E-state index >= 15 is 0 Å². The van der Waals surface area contributed by atoms with Gasteiger partial charge < -0.3 is 0 Å². The third kappa shape index (κ3) is 1.89. The van der Waals surface area contributed by atoms with Gasteiger partial charge in [-0.3, -0.25) is 4.90 Å². The smallest absolute Gasteiger partial charge is 0.0382 e. The van der Waals surface area contributed by atoms with Crippen LogP contribution in [0.15, 0.2) is 54.6 Å². The van der Waals surface area contributed by atoms with Crippen LogP contribution < -0.4 is 0 Å². The lowest BCUT2D eigenvalue weighted by Crippen LogP contribution is -2.29. The fourth-order valence-electron chi connectivity index (χ4n) is 4.28. The fraction of sp³-hybridized carbons (Fsp3) is 0.368. The molecule has 1 heteroatoms. The van der Waals surface area contributed by atoms with Gasteiger partial charge in [0.25, 0.3) is 0 Å². The molecule has 1 fully saturated rings. The Morgan fingerprint density at radius 1 is 1.00 bits per heavy atom. The summed E-state index contributed by atoms with van der Waals surface area (Å²) in [5, 5.41) is 0. The Kier molecular flexibility index (Phi) is 2.89. The van der Waals surface area contributed by atoms with Crippen LogP contribution in [0, 0.1) is 5.92 Å². The lowest BCUT2D eigenvalue weighted by Gasteiger charge is -2.26. The normalized spacial score (nSPS) is 28.4. The van der Waals surface area contributed by atoms with Crippen molar-refractivity contribution in [3.63, 3.8) is 0 Å². The molecule has 1 nitrogen and oxygen atoms in total. The largest absolute Gasteiger partial charge is 0.296 e. The zero-order valence-corrected chi connectivity index (χ0v) is 12.0. The van der Waals surface area contributed by atoms with Crippen LogP contribution in [0.3, 0.4) is 0 Å². The molecule has 3 atom stereocenters. The summed E-state index contributed by atoms with van der Waals surface area (Å²) in [6.07, 6.45) is 3.80. The highest BCUT2D eigenvalue weighted by molar-refractivity contribution is 5.37. The second kappa shape index (κ2) is 4.75. The van der Waals surface area contributed by atoms with Crippen molar-refractivity contribution in [1.82, 2.24) is 4.90 Å². The Morgan fingerprint density at radius 3 is 2.60 bits per heavy atom. The van der Waals surface area contributed by atoms with Crippen molar-refractivity contribution in [1.29, 1.82) is 0 Å². The first kappa shape index (κ1) is 12.2. The molecule has 0 aromatic heterocycles. The molecule has 1 saturated heterocycles. The first-order valence-corrected chi connectivity index (χ1v) is 7.66. The van der Waals surface area contributed by atoms with E-state index in [1.165, 1.54) is 24.8 Å². The van der Waals surface area contributed by atoms with E-state index in [-0.39, 0.29) is 0 Å². The maximum atomic E-state index is 2.63. The summed E-state index contributed by atoms with van der Waals surface area (Å²) in [5.74, 6) is 0.825. The summed E-state index contributed by atoms with van der Waals surface area (Å²) in [4.78, 5) is 2.63. The molecule has 2 aliphatic rings. The van der Waals surface area contributed by atoms with Crippen LogP contribution >= 0.6 is 0 Å². The zero-order valence-electron chi connectivity index (χ0n) is 12.0. The minimum Gasteiger partial charge on any atom is -0.296 e. The predicted molar refractivity (Wildman–Crippen MR) is 82.7 cm³/mol. The standard InChI is InChI=1S/C19H21N/c1-20-17(11-14-7-3-2-4-8-14)13-16-12-15-9-5-6-10-18(15)19(16)20/h2-10,16-17,19H,11-13H2,1H3/t16-,17-,19+/m1/s1. The SMILES string of the molecule is CN1[C@H](Cc2ccccc2)C[C@H]2Cc3ccccc3[C@H]21. The number of likely N-dealkylation sites (tertiary alicyclic amines) is 1. The Morgan fingerprint density at radius 2 is 1.75 bits per heavy atom. The monoisotopic (exact) mass is 263 g/mol. The molecule has 0 amide bonds. The second-order valence-electron chi connectivity index (χ2n) is 6.35. The molecule has 0 bridgehead atoms. The molecule has 0 radical (unpaired) electrons. The van der Waals surface area contributed by atoms with Crippen molar-refractivity contribution in [2.24, 2.45) is 5.92 Å². The van der Waals surface area contributed by atoms with Crippen molar-refractivity contribution in [2.75, 3.05) is 7.05 Å². The quantitative estimate of drug-likeness (QED) is 0.795. The summed E-state index contributed by atoms with van der Waals surface area (Å²) in [7, 11) is 2.32. The molecule has 102 valence electrons. The molecule has 1 aliphatic heterocycles. The molecular weight excluding hydrogens is 242 g/mol. The second-order valence-corrected chi connectivity index (χ2v) is 6.35. The van der Waals surface area contributed by atoms with Gasteiger partial charge in [-0.15, -0.1) is 0 Å². The number of nitrogens with zero attached hydrogens (tertiary/aromatic N) is 1. The van der Waals surface area contributed by atoms with Crippen molar-refractivity contribution in [2.45, 2.75) is 31.3 Å². The van der Waals surface area contributed by atoms with E-state index in [0.717, 1.165) is 5.92 Å². The lowest BCUT2D eigenvalue weighted by atomic mass is 9.97. The van der Waals surface area contributed by atoms with Crippen LogP contribution in [-0.4, -0.2) is 18.0 Å². The van der Waals surface area contributed by atoms with Gasteiger partial charge in [0, 0.05) is 12.1 Å². The molecule has 1 heterocycles. The van der Waals surface area contributed by atoms with Crippen molar-refractivity contribution in [3.8, 4) is 0 Å². The molecule has 4 rings (SSSR count).